The van der Waals surface area contributed by atoms with Crippen molar-refractivity contribution in [2.24, 2.45) is 5.10 Å². The maximum Gasteiger partial charge on any atom is 0.285 e. The van der Waals surface area contributed by atoms with E-state index in [1.807, 2.05) is 24.3 Å². The van der Waals surface area contributed by atoms with Gasteiger partial charge in [0.15, 0.2) is 0 Å². The Morgan fingerprint density at radius 2 is 2.24 bits per heavy atom. The van der Waals surface area contributed by atoms with E-state index in [4.69, 9.17) is 4.74 Å². The van der Waals surface area contributed by atoms with Crippen LogP contribution < -0.4 is 10.2 Å². The molecule has 6 nitrogen and oxygen atoms in total. The summed E-state index contributed by atoms with van der Waals surface area (Å²) in [6.07, 6.45) is 3.24. The van der Waals surface area contributed by atoms with Gasteiger partial charge in [-0.15, -0.1) is 5.10 Å². The summed E-state index contributed by atoms with van der Waals surface area (Å²) in [4.78, 5) is 12.2. The number of ether oxygens (including phenoxy) is 1. The van der Waals surface area contributed by atoms with Gasteiger partial charge in [0.25, 0.3) is 5.91 Å². The van der Waals surface area contributed by atoms with Crippen LogP contribution in [0.4, 0.5) is 0 Å². The van der Waals surface area contributed by atoms with Crippen LogP contribution in [0.5, 0.6) is 5.75 Å². The first-order valence-corrected chi connectivity index (χ1v) is 6.94. The molecule has 1 aromatic carbocycles. The zero-order chi connectivity index (χ0) is 15.1. The van der Waals surface area contributed by atoms with Crippen molar-refractivity contribution in [3.63, 3.8) is 0 Å². The van der Waals surface area contributed by atoms with E-state index >= 15 is 0 Å². The largest absolute Gasteiger partial charge is 0.490 e. The van der Waals surface area contributed by atoms with Crippen LogP contribution in [0.1, 0.15) is 20.9 Å². The van der Waals surface area contributed by atoms with Crippen molar-refractivity contribution >= 4 is 23.7 Å². The molecule has 0 radical (unpaired) electrons. The van der Waals surface area contributed by atoms with Gasteiger partial charge in [0, 0.05) is 0 Å². The number of nitrogens with zero attached hydrogens (tertiary/aromatic N) is 3. The molecule has 1 heterocycles. The molecule has 0 fully saturated rings. The van der Waals surface area contributed by atoms with E-state index in [1.165, 1.54) is 0 Å². The molecule has 7 heteroatoms. The molecule has 0 aliphatic carbocycles. The van der Waals surface area contributed by atoms with Gasteiger partial charge in [0.05, 0.1) is 11.9 Å². The second kappa shape index (κ2) is 7.30. The van der Waals surface area contributed by atoms with Crippen LogP contribution in [0.2, 0.25) is 0 Å². The second-order valence-corrected chi connectivity index (χ2v) is 4.81. The van der Waals surface area contributed by atoms with Crippen LogP contribution in [0, 0.1) is 6.92 Å². The zero-order valence-corrected chi connectivity index (χ0v) is 12.3. The number of benzene rings is 1. The first-order valence-electron chi connectivity index (χ1n) is 6.17. The minimum atomic E-state index is -0.315. The number of nitrogens with one attached hydrogen (secondary N) is 1. The van der Waals surface area contributed by atoms with Crippen molar-refractivity contribution in [3.8, 4) is 5.75 Å². The summed E-state index contributed by atoms with van der Waals surface area (Å²) < 4.78 is 9.07. The van der Waals surface area contributed by atoms with Gasteiger partial charge in [-0.3, -0.25) is 4.79 Å². The minimum Gasteiger partial charge on any atom is -0.490 e. The summed E-state index contributed by atoms with van der Waals surface area (Å²) in [5.74, 6) is 0.437. The number of rotatable bonds is 6. The minimum absolute atomic E-state index is 0.315. The predicted octanol–water partition coefficient (Wildman–Crippen LogP) is 2.18. The second-order valence-electron chi connectivity index (χ2n) is 4.06. The normalized spacial score (nSPS) is 10.5. The Morgan fingerprint density at radius 1 is 1.48 bits per heavy atom. The highest BCUT2D eigenvalue weighted by Gasteiger charge is 2.11. The number of carbonyl (C=O) groups excluding carboxylic acids is 1. The molecule has 1 aromatic heterocycles. The van der Waals surface area contributed by atoms with Gasteiger partial charge in [0.2, 0.25) is 0 Å². The molecule has 21 heavy (non-hydrogen) atoms. The average Bonchev–Trinajstić information content (AvgIpc) is 2.92. The van der Waals surface area contributed by atoms with Crippen LogP contribution in [-0.2, 0) is 0 Å². The summed E-state index contributed by atoms with van der Waals surface area (Å²) >= 11 is 1.04. The number of hydrogen-bond acceptors (Lipinski definition) is 6. The molecule has 0 atom stereocenters. The molecule has 0 aliphatic rings. The smallest absolute Gasteiger partial charge is 0.285 e. The molecule has 0 unspecified atom stereocenters. The van der Waals surface area contributed by atoms with Crippen LogP contribution >= 0.6 is 11.5 Å². The summed E-state index contributed by atoms with van der Waals surface area (Å²) in [6.45, 7) is 5.77. The topological polar surface area (TPSA) is 76.5 Å². The number of aryl methyl sites for hydroxylation is 1. The quantitative estimate of drug-likeness (QED) is 0.504. The summed E-state index contributed by atoms with van der Waals surface area (Å²) in [5.41, 5.74) is 3.88. The lowest BCUT2D eigenvalue weighted by Gasteiger charge is -2.02. The van der Waals surface area contributed by atoms with E-state index in [0.29, 0.717) is 17.2 Å². The molecule has 0 aliphatic heterocycles. The number of amides is 1. The Morgan fingerprint density at radius 3 is 2.86 bits per heavy atom. The summed E-state index contributed by atoms with van der Waals surface area (Å²) in [5, 5.41) is 7.67. The highest BCUT2D eigenvalue weighted by atomic mass is 32.1. The van der Waals surface area contributed by atoms with Crippen molar-refractivity contribution in [1.82, 2.24) is 15.0 Å². The van der Waals surface area contributed by atoms with Crippen LogP contribution in [0.25, 0.3) is 0 Å². The Balaban J connectivity index is 1.91. The fourth-order valence-corrected chi connectivity index (χ4v) is 2.01. The average molecular weight is 302 g/mol. The van der Waals surface area contributed by atoms with Crippen molar-refractivity contribution in [3.05, 3.63) is 53.1 Å². The molecule has 0 spiro atoms. The molecule has 0 saturated carbocycles. The Bertz CT molecular complexity index is 649. The van der Waals surface area contributed by atoms with E-state index in [2.05, 4.69) is 26.7 Å². The molecule has 2 rings (SSSR count). The van der Waals surface area contributed by atoms with Crippen molar-refractivity contribution in [2.75, 3.05) is 6.61 Å². The molecule has 2 aromatic rings. The Labute approximate surface area is 126 Å². The van der Waals surface area contributed by atoms with E-state index in [-0.39, 0.29) is 5.91 Å². The summed E-state index contributed by atoms with van der Waals surface area (Å²) in [6, 6.07) is 7.33. The highest BCUT2D eigenvalue weighted by molar-refractivity contribution is 7.07. The number of hydrogen-bond donors (Lipinski definition) is 1. The molecule has 0 bridgehead atoms. The molecular weight excluding hydrogens is 288 g/mol. The standard InChI is InChI=1S/C14H14N4O2S/c1-3-8-20-12-6-4-11(5-7-12)9-15-17-14(19)13-10(2)16-18-21-13/h3-7,9H,1,8H2,2H3,(H,17,19). The predicted molar refractivity (Wildman–Crippen MR) is 81.8 cm³/mol. The highest BCUT2D eigenvalue weighted by Crippen LogP contribution is 2.11. The lowest BCUT2D eigenvalue weighted by molar-refractivity contribution is 0.0958. The fourth-order valence-electron chi connectivity index (χ4n) is 1.46. The third-order valence-corrected chi connectivity index (χ3v) is 3.31. The van der Waals surface area contributed by atoms with Gasteiger partial charge in [-0.1, -0.05) is 17.1 Å². The van der Waals surface area contributed by atoms with Crippen molar-refractivity contribution in [1.29, 1.82) is 0 Å². The number of carbonyl (C=O) groups is 1. The van der Waals surface area contributed by atoms with Gasteiger partial charge < -0.3 is 4.74 Å². The molecule has 1 N–H and O–H groups in total. The first-order chi connectivity index (χ1) is 10.2. The van der Waals surface area contributed by atoms with Gasteiger partial charge in [-0.25, -0.2) is 5.43 Å². The third-order valence-electron chi connectivity index (χ3n) is 2.49. The third kappa shape index (κ3) is 4.22. The lowest BCUT2D eigenvalue weighted by atomic mass is 10.2. The number of aromatic nitrogens is 2. The molecule has 0 saturated heterocycles. The van der Waals surface area contributed by atoms with Crippen LogP contribution in [0.15, 0.2) is 42.0 Å². The van der Waals surface area contributed by atoms with E-state index in [1.54, 1.807) is 19.2 Å². The molecule has 1 amide bonds. The lowest BCUT2D eigenvalue weighted by Crippen LogP contribution is -2.17. The van der Waals surface area contributed by atoms with E-state index in [0.717, 1.165) is 22.8 Å². The van der Waals surface area contributed by atoms with Gasteiger partial charge in [-0.05, 0) is 48.3 Å². The van der Waals surface area contributed by atoms with Crippen LogP contribution in [0.3, 0.4) is 0 Å². The maximum atomic E-state index is 11.8. The number of hydrazone groups is 1. The van der Waals surface area contributed by atoms with E-state index < -0.39 is 0 Å². The van der Waals surface area contributed by atoms with Gasteiger partial charge in [-0.2, -0.15) is 5.10 Å². The molecular formula is C14H14N4O2S. The summed E-state index contributed by atoms with van der Waals surface area (Å²) in [7, 11) is 0. The zero-order valence-electron chi connectivity index (χ0n) is 11.4. The van der Waals surface area contributed by atoms with Gasteiger partial charge in [0.1, 0.15) is 17.2 Å². The SMILES string of the molecule is C=CCOc1ccc(C=NNC(=O)c2snnc2C)cc1. The van der Waals surface area contributed by atoms with Crippen molar-refractivity contribution in [2.45, 2.75) is 6.92 Å². The van der Waals surface area contributed by atoms with Crippen molar-refractivity contribution < 1.29 is 9.53 Å². The fraction of sp³-hybridized carbons (Fsp3) is 0.143. The Kier molecular flexibility index (Phi) is 5.16. The monoisotopic (exact) mass is 302 g/mol. The first kappa shape index (κ1) is 14.9. The Hall–Kier alpha value is -2.54. The van der Waals surface area contributed by atoms with E-state index in [9.17, 15) is 4.79 Å². The molecule has 108 valence electrons. The maximum absolute atomic E-state index is 11.8. The van der Waals surface area contributed by atoms with Crippen LogP contribution in [-0.4, -0.2) is 28.3 Å². The van der Waals surface area contributed by atoms with Gasteiger partial charge >= 0.3 is 0 Å².